The van der Waals surface area contributed by atoms with Crippen LogP contribution in [-0.4, -0.2) is 10.7 Å². The molecule has 0 aliphatic carbocycles. The maximum atomic E-state index is 8.75. The highest BCUT2D eigenvalue weighted by atomic mass is 35.5. The molecule has 0 amide bonds. The van der Waals surface area contributed by atoms with Gasteiger partial charge in [-0.3, -0.25) is 5.43 Å². The van der Waals surface area contributed by atoms with Gasteiger partial charge in [0.15, 0.2) is 5.75 Å². The SMILES string of the molecule is C/C(C#N)=N\Nc1cc(Cl)c(Oc2ccc3[nH]cc(C(C)C)c3c2)c(Cl)c1. The van der Waals surface area contributed by atoms with Gasteiger partial charge in [0.2, 0.25) is 0 Å². The summed E-state index contributed by atoms with van der Waals surface area (Å²) in [6.45, 7) is 5.88. The number of nitriles is 1. The average molecular weight is 401 g/mol. The fourth-order valence-electron chi connectivity index (χ4n) is 2.68. The predicted molar refractivity (Wildman–Crippen MR) is 111 cm³/mol. The number of halogens is 2. The zero-order valence-corrected chi connectivity index (χ0v) is 16.6. The lowest BCUT2D eigenvalue weighted by molar-refractivity contribution is 0.484. The number of aromatic amines is 1. The van der Waals surface area contributed by atoms with E-state index in [1.807, 2.05) is 30.5 Å². The maximum Gasteiger partial charge on any atom is 0.164 e. The lowest BCUT2D eigenvalue weighted by Crippen LogP contribution is -1.95. The number of aromatic nitrogens is 1. The van der Waals surface area contributed by atoms with Crippen molar-refractivity contribution in [2.75, 3.05) is 5.43 Å². The number of H-pyrrole nitrogens is 1. The van der Waals surface area contributed by atoms with Gasteiger partial charge in [0, 0.05) is 17.1 Å². The number of hydrogen-bond acceptors (Lipinski definition) is 4. The van der Waals surface area contributed by atoms with Gasteiger partial charge in [-0.25, -0.2) is 0 Å². The van der Waals surface area contributed by atoms with Gasteiger partial charge in [-0.05, 0) is 48.7 Å². The highest BCUT2D eigenvalue weighted by Crippen LogP contribution is 2.40. The average Bonchev–Trinajstić information content (AvgIpc) is 3.06. The zero-order valence-electron chi connectivity index (χ0n) is 15.1. The molecule has 0 unspecified atom stereocenters. The van der Waals surface area contributed by atoms with E-state index < -0.39 is 0 Å². The minimum atomic E-state index is 0.295. The minimum Gasteiger partial charge on any atom is -0.454 e. The van der Waals surface area contributed by atoms with Crippen LogP contribution < -0.4 is 10.2 Å². The zero-order chi connectivity index (χ0) is 19.6. The van der Waals surface area contributed by atoms with Crippen LogP contribution in [-0.2, 0) is 0 Å². The number of ether oxygens (including phenoxy) is 1. The number of hydrogen-bond donors (Lipinski definition) is 2. The Bertz CT molecular complexity index is 1040. The Labute approximate surface area is 167 Å². The minimum absolute atomic E-state index is 0.295. The molecule has 2 N–H and O–H groups in total. The third kappa shape index (κ3) is 4.19. The molecule has 3 rings (SSSR count). The Morgan fingerprint density at radius 2 is 1.93 bits per heavy atom. The van der Waals surface area contributed by atoms with Gasteiger partial charge in [-0.15, -0.1) is 0 Å². The fourth-order valence-corrected chi connectivity index (χ4v) is 3.24. The van der Waals surface area contributed by atoms with Crippen LogP contribution in [0.5, 0.6) is 11.5 Å². The largest absolute Gasteiger partial charge is 0.454 e. The summed E-state index contributed by atoms with van der Waals surface area (Å²) in [5, 5.41) is 14.4. The molecule has 7 heteroatoms. The molecule has 5 nitrogen and oxygen atoms in total. The number of anilines is 1. The first kappa shape index (κ1) is 19.1. The van der Waals surface area contributed by atoms with Crippen molar-refractivity contribution in [3.8, 4) is 17.6 Å². The number of nitrogens with one attached hydrogen (secondary N) is 2. The Hall–Kier alpha value is -2.68. The summed E-state index contributed by atoms with van der Waals surface area (Å²) >= 11 is 12.7. The number of benzene rings is 2. The molecule has 138 valence electrons. The quantitative estimate of drug-likeness (QED) is 0.369. The number of fused-ring (bicyclic) bond motifs is 1. The van der Waals surface area contributed by atoms with Crippen LogP contribution in [0.15, 0.2) is 41.6 Å². The van der Waals surface area contributed by atoms with Gasteiger partial charge >= 0.3 is 0 Å². The second kappa shape index (κ2) is 7.91. The molecule has 0 bridgehead atoms. The second-order valence-corrected chi connectivity index (χ2v) is 7.21. The van der Waals surface area contributed by atoms with Gasteiger partial charge in [0.05, 0.1) is 15.7 Å². The first-order valence-electron chi connectivity index (χ1n) is 8.37. The third-order valence-corrected chi connectivity index (χ3v) is 4.60. The van der Waals surface area contributed by atoms with E-state index in [1.165, 1.54) is 5.56 Å². The van der Waals surface area contributed by atoms with Gasteiger partial charge in [-0.2, -0.15) is 10.4 Å². The molecule has 0 spiro atoms. The van der Waals surface area contributed by atoms with Gasteiger partial charge in [0.25, 0.3) is 0 Å². The van der Waals surface area contributed by atoms with E-state index in [-0.39, 0.29) is 0 Å². The molecule has 0 atom stereocenters. The molecule has 3 aromatic rings. The van der Waals surface area contributed by atoms with E-state index in [0.29, 0.717) is 38.9 Å². The number of hydrazone groups is 1. The number of nitrogens with zero attached hydrogens (tertiary/aromatic N) is 2. The summed E-state index contributed by atoms with van der Waals surface area (Å²) in [7, 11) is 0. The summed E-state index contributed by atoms with van der Waals surface area (Å²) in [5.74, 6) is 1.40. The van der Waals surface area contributed by atoms with Crippen LogP contribution in [0.4, 0.5) is 5.69 Å². The molecule has 2 aromatic carbocycles. The molecule has 0 saturated carbocycles. The lowest BCUT2D eigenvalue weighted by Gasteiger charge is -2.12. The van der Waals surface area contributed by atoms with Gasteiger partial charge in [0.1, 0.15) is 17.5 Å². The number of rotatable bonds is 5. The molecule has 0 aliphatic heterocycles. The Kier molecular flexibility index (Phi) is 5.59. The molecule has 0 fully saturated rings. The monoisotopic (exact) mass is 400 g/mol. The van der Waals surface area contributed by atoms with E-state index in [0.717, 1.165) is 10.9 Å². The van der Waals surface area contributed by atoms with Crippen LogP contribution >= 0.6 is 23.2 Å². The summed E-state index contributed by atoms with van der Waals surface area (Å²) in [5.41, 5.74) is 5.88. The van der Waals surface area contributed by atoms with Crippen LogP contribution in [0.3, 0.4) is 0 Å². The lowest BCUT2D eigenvalue weighted by atomic mass is 10.0. The van der Waals surface area contributed by atoms with E-state index in [2.05, 4.69) is 29.4 Å². The van der Waals surface area contributed by atoms with Crippen molar-refractivity contribution in [2.45, 2.75) is 26.7 Å². The van der Waals surface area contributed by atoms with Crippen molar-refractivity contribution in [3.05, 3.63) is 52.1 Å². The first-order chi connectivity index (χ1) is 12.9. The molecular weight excluding hydrogens is 383 g/mol. The normalized spacial score (nSPS) is 11.7. The third-order valence-electron chi connectivity index (χ3n) is 4.04. The molecule has 0 saturated heterocycles. The second-order valence-electron chi connectivity index (χ2n) is 6.40. The van der Waals surface area contributed by atoms with Crippen molar-refractivity contribution in [2.24, 2.45) is 5.10 Å². The van der Waals surface area contributed by atoms with E-state index >= 15 is 0 Å². The summed E-state index contributed by atoms with van der Waals surface area (Å²) < 4.78 is 5.96. The van der Waals surface area contributed by atoms with Crippen molar-refractivity contribution >= 4 is 45.5 Å². The Morgan fingerprint density at radius 3 is 2.56 bits per heavy atom. The van der Waals surface area contributed by atoms with Crippen molar-refractivity contribution in [1.82, 2.24) is 4.98 Å². The van der Waals surface area contributed by atoms with Gasteiger partial charge < -0.3 is 9.72 Å². The first-order valence-corrected chi connectivity index (χ1v) is 9.13. The molecule has 1 aromatic heterocycles. The predicted octanol–water partition coefficient (Wildman–Crippen LogP) is 6.70. The molecular formula is C20H18Cl2N4O. The smallest absolute Gasteiger partial charge is 0.164 e. The van der Waals surface area contributed by atoms with Crippen LogP contribution in [0.25, 0.3) is 10.9 Å². The van der Waals surface area contributed by atoms with E-state index in [4.69, 9.17) is 33.2 Å². The van der Waals surface area contributed by atoms with Crippen molar-refractivity contribution in [3.63, 3.8) is 0 Å². The van der Waals surface area contributed by atoms with Gasteiger partial charge in [-0.1, -0.05) is 37.0 Å². The molecule has 0 aliphatic rings. The molecule has 1 heterocycles. The molecule has 0 radical (unpaired) electrons. The highest BCUT2D eigenvalue weighted by Gasteiger charge is 2.13. The standard InChI is InChI=1S/C20H18Cl2N4O/c1-11(2)16-10-24-19-5-4-14(8-15(16)19)27-20-17(21)6-13(7-18(20)22)26-25-12(3)9-23/h4-8,10-11,24,26H,1-3H3/b25-12+. The molecule has 27 heavy (non-hydrogen) atoms. The Morgan fingerprint density at radius 1 is 1.22 bits per heavy atom. The van der Waals surface area contributed by atoms with Crippen LogP contribution in [0.2, 0.25) is 10.0 Å². The maximum absolute atomic E-state index is 8.75. The summed E-state index contributed by atoms with van der Waals surface area (Å²) in [6.07, 6.45) is 2.02. The Balaban J connectivity index is 1.90. The van der Waals surface area contributed by atoms with Crippen molar-refractivity contribution < 1.29 is 4.74 Å². The van der Waals surface area contributed by atoms with Crippen LogP contribution in [0.1, 0.15) is 32.3 Å². The van der Waals surface area contributed by atoms with E-state index in [9.17, 15) is 0 Å². The van der Waals surface area contributed by atoms with E-state index in [1.54, 1.807) is 19.1 Å². The highest BCUT2D eigenvalue weighted by molar-refractivity contribution is 6.37. The topological polar surface area (TPSA) is 73.2 Å². The van der Waals surface area contributed by atoms with Crippen molar-refractivity contribution in [1.29, 1.82) is 5.26 Å². The fraction of sp³-hybridized carbons (Fsp3) is 0.200. The summed E-state index contributed by atoms with van der Waals surface area (Å²) in [4.78, 5) is 3.27. The van der Waals surface area contributed by atoms with Crippen LogP contribution in [0, 0.1) is 11.3 Å². The summed E-state index contributed by atoms with van der Waals surface area (Å²) in [6, 6.07) is 11.0.